The molecule has 0 radical (unpaired) electrons. The smallest absolute Gasteiger partial charge is 0.339 e. The standard InChI is InChI=1S/C9H16O4/c1-9(2,3)12-8(10)7-5-4-6-11-13-7/h7H,4-6H2,1-3H3. The summed E-state index contributed by atoms with van der Waals surface area (Å²) >= 11 is 0. The molecule has 1 rings (SSSR count). The van der Waals surface area contributed by atoms with Crippen molar-refractivity contribution in [3.05, 3.63) is 0 Å². The van der Waals surface area contributed by atoms with Crippen LogP contribution in [0.3, 0.4) is 0 Å². The molecule has 1 atom stereocenters. The predicted molar refractivity (Wildman–Crippen MR) is 45.9 cm³/mol. The van der Waals surface area contributed by atoms with Crippen LogP contribution in [0.25, 0.3) is 0 Å². The average molecular weight is 188 g/mol. The van der Waals surface area contributed by atoms with Crippen molar-refractivity contribution in [1.82, 2.24) is 0 Å². The van der Waals surface area contributed by atoms with Gasteiger partial charge in [-0.3, -0.25) is 0 Å². The number of carbonyl (C=O) groups excluding carboxylic acids is 1. The Kier molecular flexibility index (Phi) is 3.27. The minimum atomic E-state index is -0.548. The molecule has 4 nitrogen and oxygen atoms in total. The monoisotopic (exact) mass is 188 g/mol. The van der Waals surface area contributed by atoms with Crippen LogP contribution >= 0.6 is 0 Å². The van der Waals surface area contributed by atoms with E-state index in [1.54, 1.807) is 0 Å². The van der Waals surface area contributed by atoms with Crippen molar-refractivity contribution in [1.29, 1.82) is 0 Å². The molecule has 1 heterocycles. The molecule has 0 amide bonds. The Balaban J connectivity index is 2.38. The van der Waals surface area contributed by atoms with E-state index in [1.807, 2.05) is 20.8 Å². The van der Waals surface area contributed by atoms with Gasteiger partial charge < -0.3 is 4.74 Å². The van der Waals surface area contributed by atoms with E-state index in [1.165, 1.54) is 0 Å². The molecule has 1 fully saturated rings. The quantitative estimate of drug-likeness (QED) is 0.461. The number of carbonyl (C=O) groups is 1. The molecule has 1 aliphatic rings. The van der Waals surface area contributed by atoms with Crippen molar-refractivity contribution in [2.24, 2.45) is 0 Å². The van der Waals surface area contributed by atoms with Gasteiger partial charge in [0.15, 0.2) is 6.10 Å². The Labute approximate surface area is 78.1 Å². The van der Waals surface area contributed by atoms with Crippen molar-refractivity contribution in [2.45, 2.75) is 45.3 Å². The topological polar surface area (TPSA) is 44.8 Å². The number of ether oxygens (including phenoxy) is 1. The summed E-state index contributed by atoms with van der Waals surface area (Å²) in [5.74, 6) is -0.341. The fourth-order valence-electron chi connectivity index (χ4n) is 1.03. The molecule has 1 saturated heterocycles. The van der Waals surface area contributed by atoms with E-state index in [0.29, 0.717) is 13.0 Å². The molecular weight excluding hydrogens is 172 g/mol. The molecule has 0 N–H and O–H groups in total. The zero-order valence-electron chi connectivity index (χ0n) is 8.33. The molecule has 0 bridgehead atoms. The van der Waals surface area contributed by atoms with Crippen molar-refractivity contribution in [3.63, 3.8) is 0 Å². The van der Waals surface area contributed by atoms with Crippen LogP contribution in [-0.4, -0.2) is 24.3 Å². The highest BCUT2D eigenvalue weighted by Crippen LogP contribution is 2.15. The maximum absolute atomic E-state index is 11.4. The van der Waals surface area contributed by atoms with Crippen LogP contribution in [0.2, 0.25) is 0 Å². The van der Waals surface area contributed by atoms with Crippen LogP contribution < -0.4 is 0 Å². The number of esters is 1. The van der Waals surface area contributed by atoms with Gasteiger partial charge in [-0.1, -0.05) is 0 Å². The third-order valence-electron chi connectivity index (χ3n) is 1.55. The summed E-state index contributed by atoms with van der Waals surface area (Å²) in [5, 5.41) is 0. The van der Waals surface area contributed by atoms with Crippen LogP contribution in [0.5, 0.6) is 0 Å². The lowest BCUT2D eigenvalue weighted by molar-refractivity contribution is -0.340. The van der Waals surface area contributed by atoms with E-state index >= 15 is 0 Å². The van der Waals surface area contributed by atoms with Gasteiger partial charge >= 0.3 is 5.97 Å². The average Bonchev–Trinajstić information content (AvgIpc) is 2.03. The first-order valence-corrected chi connectivity index (χ1v) is 4.50. The Bertz CT molecular complexity index is 177. The zero-order valence-corrected chi connectivity index (χ0v) is 8.33. The molecule has 0 spiro atoms. The molecule has 0 aliphatic carbocycles. The van der Waals surface area contributed by atoms with Crippen molar-refractivity contribution < 1.29 is 19.3 Å². The number of hydrogen-bond acceptors (Lipinski definition) is 4. The van der Waals surface area contributed by atoms with E-state index < -0.39 is 11.7 Å². The minimum absolute atomic E-state index is 0.341. The van der Waals surface area contributed by atoms with Gasteiger partial charge in [0.05, 0.1) is 6.61 Å². The zero-order chi connectivity index (χ0) is 9.90. The van der Waals surface area contributed by atoms with Gasteiger partial charge in [0, 0.05) is 0 Å². The van der Waals surface area contributed by atoms with Crippen LogP contribution in [0.4, 0.5) is 0 Å². The van der Waals surface area contributed by atoms with Crippen molar-refractivity contribution in [3.8, 4) is 0 Å². The van der Waals surface area contributed by atoms with Gasteiger partial charge in [0.2, 0.25) is 0 Å². The van der Waals surface area contributed by atoms with Crippen molar-refractivity contribution in [2.75, 3.05) is 6.61 Å². The van der Waals surface area contributed by atoms with Gasteiger partial charge in [0.25, 0.3) is 0 Å². The van der Waals surface area contributed by atoms with Gasteiger partial charge in [-0.05, 0) is 33.6 Å². The molecule has 13 heavy (non-hydrogen) atoms. The van der Waals surface area contributed by atoms with Crippen LogP contribution in [0.1, 0.15) is 33.6 Å². The summed E-state index contributed by atoms with van der Waals surface area (Å²) in [6.45, 7) is 6.04. The van der Waals surface area contributed by atoms with Crippen LogP contribution in [0, 0.1) is 0 Å². The van der Waals surface area contributed by atoms with Gasteiger partial charge in [-0.25, -0.2) is 14.6 Å². The van der Waals surface area contributed by atoms with Crippen molar-refractivity contribution >= 4 is 5.97 Å². The summed E-state index contributed by atoms with van der Waals surface area (Å²) < 4.78 is 5.13. The van der Waals surface area contributed by atoms with E-state index in [4.69, 9.17) is 14.5 Å². The second kappa shape index (κ2) is 4.07. The highest BCUT2D eigenvalue weighted by Gasteiger charge is 2.28. The summed E-state index contributed by atoms with van der Waals surface area (Å²) in [6.07, 6.45) is 0.965. The fraction of sp³-hybridized carbons (Fsp3) is 0.889. The first-order chi connectivity index (χ1) is 5.99. The molecule has 4 heteroatoms. The molecule has 1 aliphatic heterocycles. The molecule has 76 valence electrons. The Hall–Kier alpha value is -0.610. The lowest BCUT2D eigenvalue weighted by atomic mass is 10.1. The van der Waals surface area contributed by atoms with Gasteiger partial charge in [-0.2, -0.15) is 0 Å². The first kappa shape index (κ1) is 10.5. The molecule has 0 saturated carbocycles. The third kappa shape index (κ3) is 3.74. The highest BCUT2D eigenvalue weighted by molar-refractivity contribution is 5.75. The predicted octanol–water partition coefficient (Wildman–Crippen LogP) is 1.44. The molecule has 0 aromatic carbocycles. The summed E-state index contributed by atoms with van der Waals surface area (Å²) in [7, 11) is 0. The van der Waals surface area contributed by atoms with Crippen LogP contribution in [-0.2, 0) is 19.3 Å². The van der Waals surface area contributed by atoms with Crippen LogP contribution in [0.15, 0.2) is 0 Å². The third-order valence-corrected chi connectivity index (χ3v) is 1.55. The minimum Gasteiger partial charge on any atom is -0.458 e. The summed E-state index contributed by atoms with van der Waals surface area (Å²) in [5.41, 5.74) is -0.460. The largest absolute Gasteiger partial charge is 0.458 e. The number of hydrogen-bond donors (Lipinski definition) is 0. The highest BCUT2D eigenvalue weighted by atomic mass is 17.2. The Morgan fingerprint density at radius 2 is 2.15 bits per heavy atom. The summed E-state index contributed by atoms with van der Waals surface area (Å²) in [4.78, 5) is 20.9. The normalized spacial score (nSPS) is 24.1. The fourth-order valence-corrected chi connectivity index (χ4v) is 1.03. The van der Waals surface area contributed by atoms with E-state index in [9.17, 15) is 4.79 Å². The van der Waals surface area contributed by atoms with E-state index in [-0.39, 0.29) is 5.97 Å². The maximum atomic E-state index is 11.4. The SMILES string of the molecule is CC(C)(C)OC(=O)C1CCCOO1. The maximum Gasteiger partial charge on any atom is 0.339 e. The second-order valence-electron chi connectivity index (χ2n) is 4.08. The lowest BCUT2D eigenvalue weighted by Crippen LogP contribution is -2.35. The first-order valence-electron chi connectivity index (χ1n) is 4.50. The number of rotatable bonds is 1. The summed E-state index contributed by atoms with van der Waals surface area (Å²) in [6, 6.07) is 0. The molecular formula is C9H16O4. The Morgan fingerprint density at radius 3 is 2.62 bits per heavy atom. The van der Waals surface area contributed by atoms with Gasteiger partial charge in [-0.15, -0.1) is 0 Å². The molecule has 0 aromatic rings. The van der Waals surface area contributed by atoms with Gasteiger partial charge in [0.1, 0.15) is 5.60 Å². The molecule has 0 aromatic heterocycles. The Morgan fingerprint density at radius 1 is 1.46 bits per heavy atom. The van der Waals surface area contributed by atoms with E-state index in [0.717, 1.165) is 6.42 Å². The lowest BCUT2D eigenvalue weighted by Gasteiger charge is -2.25. The van der Waals surface area contributed by atoms with E-state index in [2.05, 4.69) is 0 Å². The second-order valence-corrected chi connectivity index (χ2v) is 4.08. The molecule has 1 unspecified atom stereocenters.